The van der Waals surface area contributed by atoms with Gasteiger partial charge in [-0.25, -0.2) is 9.18 Å². The molecule has 0 unspecified atom stereocenters. The van der Waals surface area contributed by atoms with Gasteiger partial charge < -0.3 is 4.42 Å². The Morgan fingerprint density at radius 2 is 2.11 bits per heavy atom. The highest BCUT2D eigenvalue weighted by molar-refractivity contribution is 7.98. The molecule has 0 aliphatic rings. The zero-order valence-corrected chi connectivity index (χ0v) is 15.6. The summed E-state index contributed by atoms with van der Waals surface area (Å²) in [6.07, 6.45) is 0. The topological polar surface area (TPSA) is 73.8 Å². The summed E-state index contributed by atoms with van der Waals surface area (Å²) in [5, 5.41) is 13.4. The zero-order chi connectivity index (χ0) is 19.0. The van der Waals surface area contributed by atoms with E-state index in [1.165, 1.54) is 34.6 Å². The zero-order valence-electron chi connectivity index (χ0n) is 14.0. The fraction of sp³-hybridized carbons (Fsp3) is 0.111. The number of fused-ring (bicyclic) bond motifs is 1. The molecule has 0 bridgehead atoms. The summed E-state index contributed by atoms with van der Waals surface area (Å²) in [4.78, 5) is 11.9. The standard InChI is InChI=1S/C18H12ClFN4O2S/c1-10-5-16-14(8-15(10)19)11(6-17(25)26-16)9-27-18-21-22-23-24(18)13-4-2-3-12(20)7-13/h2-8H,9H2,1H3. The maximum absolute atomic E-state index is 13.5. The van der Waals surface area contributed by atoms with Crippen LogP contribution in [0.15, 0.2) is 56.8 Å². The molecule has 0 atom stereocenters. The van der Waals surface area contributed by atoms with Crippen molar-refractivity contribution in [3.63, 3.8) is 0 Å². The molecule has 6 nitrogen and oxygen atoms in total. The van der Waals surface area contributed by atoms with Gasteiger partial charge in [-0.05, 0) is 58.8 Å². The number of halogens is 2. The predicted molar refractivity (Wildman–Crippen MR) is 101 cm³/mol. The van der Waals surface area contributed by atoms with Crippen LogP contribution in [-0.4, -0.2) is 20.2 Å². The molecule has 0 amide bonds. The molecular weight excluding hydrogens is 391 g/mol. The van der Waals surface area contributed by atoms with Crippen LogP contribution in [0.3, 0.4) is 0 Å². The van der Waals surface area contributed by atoms with Gasteiger partial charge in [-0.15, -0.1) is 5.10 Å². The molecular formula is C18H12ClFN4O2S. The minimum Gasteiger partial charge on any atom is -0.423 e. The van der Waals surface area contributed by atoms with Crippen LogP contribution < -0.4 is 5.63 Å². The van der Waals surface area contributed by atoms with Gasteiger partial charge in [0.15, 0.2) is 0 Å². The van der Waals surface area contributed by atoms with Crippen LogP contribution in [0.5, 0.6) is 0 Å². The largest absolute Gasteiger partial charge is 0.423 e. The lowest BCUT2D eigenvalue weighted by molar-refractivity contribution is 0.559. The lowest BCUT2D eigenvalue weighted by Gasteiger charge is -2.08. The van der Waals surface area contributed by atoms with Crippen molar-refractivity contribution < 1.29 is 8.81 Å². The SMILES string of the molecule is Cc1cc2oc(=O)cc(CSc3nnnn3-c3cccc(F)c3)c2cc1Cl. The van der Waals surface area contributed by atoms with E-state index in [1.807, 2.05) is 6.92 Å². The average Bonchev–Trinajstić information content (AvgIpc) is 3.10. The normalized spacial score (nSPS) is 11.2. The number of nitrogens with zero attached hydrogens (tertiary/aromatic N) is 4. The third-order valence-corrected chi connectivity index (χ3v) is 5.34. The Morgan fingerprint density at radius 1 is 1.26 bits per heavy atom. The van der Waals surface area contributed by atoms with Crippen molar-refractivity contribution in [1.82, 2.24) is 20.2 Å². The number of rotatable bonds is 4. The molecule has 27 heavy (non-hydrogen) atoms. The van der Waals surface area contributed by atoms with Gasteiger partial charge in [0.25, 0.3) is 0 Å². The van der Waals surface area contributed by atoms with Gasteiger partial charge in [0.05, 0.1) is 5.69 Å². The first kappa shape index (κ1) is 17.7. The summed E-state index contributed by atoms with van der Waals surface area (Å²) in [5.74, 6) is 0.0348. The number of thioether (sulfide) groups is 1. The quantitative estimate of drug-likeness (QED) is 0.377. The lowest BCUT2D eigenvalue weighted by Crippen LogP contribution is -2.02. The highest BCUT2D eigenvalue weighted by Gasteiger charge is 2.13. The van der Waals surface area contributed by atoms with Crippen molar-refractivity contribution in [2.75, 3.05) is 0 Å². The van der Waals surface area contributed by atoms with Crippen molar-refractivity contribution in [3.05, 3.63) is 74.9 Å². The lowest BCUT2D eigenvalue weighted by atomic mass is 10.1. The van der Waals surface area contributed by atoms with Gasteiger partial charge in [0.2, 0.25) is 5.16 Å². The Balaban J connectivity index is 1.68. The number of tetrazole rings is 1. The molecule has 0 aliphatic heterocycles. The van der Waals surface area contributed by atoms with E-state index < -0.39 is 5.63 Å². The number of aryl methyl sites for hydroxylation is 1. The molecule has 4 aromatic rings. The van der Waals surface area contributed by atoms with E-state index in [1.54, 1.807) is 24.3 Å². The van der Waals surface area contributed by atoms with Crippen molar-refractivity contribution in [3.8, 4) is 5.69 Å². The molecule has 2 heterocycles. The average molecular weight is 403 g/mol. The second-order valence-corrected chi connectivity index (χ2v) is 7.18. The summed E-state index contributed by atoms with van der Waals surface area (Å²) in [6.45, 7) is 1.84. The van der Waals surface area contributed by atoms with E-state index in [0.717, 1.165) is 16.5 Å². The minimum atomic E-state index is -0.440. The Hall–Kier alpha value is -2.71. The first-order chi connectivity index (χ1) is 13.0. The number of hydrogen-bond donors (Lipinski definition) is 0. The van der Waals surface area contributed by atoms with Crippen molar-refractivity contribution in [2.24, 2.45) is 0 Å². The van der Waals surface area contributed by atoms with Crippen LogP contribution in [0.4, 0.5) is 4.39 Å². The van der Waals surface area contributed by atoms with Gasteiger partial charge in [-0.2, -0.15) is 4.68 Å². The number of hydrogen-bond acceptors (Lipinski definition) is 6. The van der Waals surface area contributed by atoms with Crippen molar-refractivity contribution in [1.29, 1.82) is 0 Å². The highest BCUT2D eigenvalue weighted by Crippen LogP contribution is 2.29. The second kappa shape index (κ2) is 7.13. The van der Waals surface area contributed by atoms with Gasteiger partial charge in [0.1, 0.15) is 11.4 Å². The van der Waals surface area contributed by atoms with Crippen LogP contribution in [0.1, 0.15) is 11.1 Å². The third-order valence-electron chi connectivity index (χ3n) is 3.96. The highest BCUT2D eigenvalue weighted by atomic mass is 35.5. The number of aromatic nitrogens is 4. The molecule has 2 aromatic carbocycles. The second-order valence-electron chi connectivity index (χ2n) is 5.83. The number of benzene rings is 2. The van der Waals surface area contributed by atoms with E-state index in [2.05, 4.69) is 15.5 Å². The predicted octanol–water partition coefficient (Wildman–Crippen LogP) is 4.16. The van der Waals surface area contributed by atoms with E-state index in [0.29, 0.717) is 27.2 Å². The fourth-order valence-electron chi connectivity index (χ4n) is 2.65. The molecule has 0 spiro atoms. The maximum atomic E-state index is 13.5. The Kier molecular flexibility index (Phi) is 4.67. The molecule has 9 heteroatoms. The van der Waals surface area contributed by atoms with Gasteiger partial charge >= 0.3 is 5.63 Å². The monoisotopic (exact) mass is 402 g/mol. The van der Waals surface area contributed by atoms with E-state index in [9.17, 15) is 9.18 Å². The first-order valence-electron chi connectivity index (χ1n) is 7.91. The molecule has 0 aliphatic carbocycles. The summed E-state index contributed by atoms with van der Waals surface area (Å²) in [5.41, 5.74) is 2.13. The van der Waals surface area contributed by atoms with Crippen LogP contribution >= 0.6 is 23.4 Å². The summed E-state index contributed by atoms with van der Waals surface area (Å²) < 4.78 is 20.2. The summed E-state index contributed by atoms with van der Waals surface area (Å²) >= 11 is 7.54. The smallest absolute Gasteiger partial charge is 0.336 e. The van der Waals surface area contributed by atoms with E-state index in [-0.39, 0.29) is 5.82 Å². The fourth-order valence-corrected chi connectivity index (χ4v) is 3.69. The molecule has 136 valence electrons. The molecule has 0 N–H and O–H groups in total. The van der Waals surface area contributed by atoms with Gasteiger partial charge in [0, 0.05) is 22.2 Å². The van der Waals surface area contributed by atoms with Crippen molar-refractivity contribution >= 4 is 34.3 Å². The van der Waals surface area contributed by atoms with Crippen LogP contribution in [0.25, 0.3) is 16.7 Å². The van der Waals surface area contributed by atoms with Crippen LogP contribution in [0, 0.1) is 12.7 Å². The molecule has 2 aromatic heterocycles. The Bertz CT molecular complexity index is 1210. The van der Waals surface area contributed by atoms with Gasteiger partial charge in [-0.3, -0.25) is 0 Å². The molecule has 0 saturated heterocycles. The first-order valence-corrected chi connectivity index (χ1v) is 9.27. The van der Waals surface area contributed by atoms with Crippen LogP contribution in [-0.2, 0) is 5.75 Å². The molecule has 4 rings (SSSR count). The third kappa shape index (κ3) is 3.58. The maximum Gasteiger partial charge on any atom is 0.336 e. The molecule has 0 radical (unpaired) electrons. The van der Waals surface area contributed by atoms with Gasteiger partial charge in [-0.1, -0.05) is 29.4 Å². The van der Waals surface area contributed by atoms with E-state index in [4.69, 9.17) is 16.0 Å². The Morgan fingerprint density at radius 3 is 2.93 bits per heavy atom. The summed E-state index contributed by atoms with van der Waals surface area (Å²) in [7, 11) is 0. The molecule has 0 fully saturated rings. The van der Waals surface area contributed by atoms with Crippen LogP contribution in [0.2, 0.25) is 5.02 Å². The Labute approximate surface area is 161 Å². The van der Waals surface area contributed by atoms with E-state index >= 15 is 0 Å². The van der Waals surface area contributed by atoms with Crippen molar-refractivity contribution in [2.45, 2.75) is 17.8 Å². The minimum absolute atomic E-state index is 0.379. The molecule has 0 saturated carbocycles. The summed E-state index contributed by atoms with van der Waals surface area (Å²) in [6, 6.07) is 10.9.